The summed E-state index contributed by atoms with van der Waals surface area (Å²) in [6, 6.07) is 13.1. The van der Waals surface area contributed by atoms with E-state index in [0.717, 1.165) is 22.4 Å². The molecule has 0 heterocycles. The van der Waals surface area contributed by atoms with E-state index < -0.39 is 5.97 Å². The molecule has 0 saturated carbocycles. The zero-order valence-corrected chi connectivity index (χ0v) is 15.2. The van der Waals surface area contributed by atoms with Gasteiger partial charge in [-0.2, -0.15) is 0 Å². The van der Waals surface area contributed by atoms with Gasteiger partial charge in [-0.3, -0.25) is 4.79 Å². The summed E-state index contributed by atoms with van der Waals surface area (Å²) in [6.07, 6.45) is 0. The normalized spacial score (nSPS) is 10.1. The molecule has 0 aliphatic heterocycles. The largest absolute Gasteiger partial charge is 0.497 e. The van der Waals surface area contributed by atoms with Crippen LogP contribution < -0.4 is 14.8 Å². The lowest BCUT2D eigenvalue weighted by atomic mass is 10.1. The summed E-state index contributed by atoms with van der Waals surface area (Å²) in [5.41, 5.74) is 2.89. The van der Waals surface area contributed by atoms with E-state index in [-0.39, 0.29) is 19.1 Å². The number of aryl methyl sites for hydroxylation is 2. The molecule has 0 bridgehead atoms. The Kier molecular flexibility index (Phi) is 7.02. The molecule has 0 saturated heterocycles. The number of amides is 1. The van der Waals surface area contributed by atoms with E-state index in [1.165, 1.54) is 0 Å². The molecule has 0 atom stereocenters. The summed E-state index contributed by atoms with van der Waals surface area (Å²) in [4.78, 5) is 23.5. The maximum absolute atomic E-state index is 11.8. The van der Waals surface area contributed by atoms with E-state index in [9.17, 15) is 9.59 Å². The standard InChI is InChI=1S/C20H23NO5/c1-14-4-5-15(2)18(10-14)25-13-20(23)26-12-19(22)21-11-16-6-8-17(24-3)9-7-16/h4-10H,11-13H2,1-3H3,(H,21,22). The molecule has 0 unspecified atom stereocenters. The molecule has 0 spiro atoms. The van der Waals surface area contributed by atoms with Gasteiger partial charge in [0, 0.05) is 6.54 Å². The third-order valence-electron chi connectivity index (χ3n) is 3.70. The van der Waals surface area contributed by atoms with Crippen LogP contribution in [0.3, 0.4) is 0 Å². The second kappa shape index (κ2) is 9.46. The minimum absolute atomic E-state index is 0.240. The van der Waals surface area contributed by atoms with Crippen molar-refractivity contribution in [3.63, 3.8) is 0 Å². The smallest absolute Gasteiger partial charge is 0.344 e. The van der Waals surface area contributed by atoms with Gasteiger partial charge in [-0.25, -0.2) is 4.79 Å². The number of hydrogen-bond acceptors (Lipinski definition) is 5. The number of benzene rings is 2. The van der Waals surface area contributed by atoms with Crippen molar-refractivity contribution >= 4 is 11.9 Å². The minimum Gasteiger partial charge on any atom is -0.497 e. The van der Waals surface area contributed by atoms with Gasteiger partial charge < -0.3 is 19.5 Å². The summed E-state index contributed by atoms with van der Waals surface area (Å²) in [5.74, 6) is 0.412. The highest BCUT2D eigenvalue weighted by molar-refractivity contribution is 5.80. The molecule has 138 valence electrons. The Morgan fingerprint density at radius 2 is 1.73 bits per heavy atom. The van der Waals surface area contributed by atoms with Crippen LogP contribution in [-0.4, -0.2) is 32.2 Å². The third kappa shape index (κ3) is 6.12. The van der Waals surface area contributed by atoms with Crippen LogP contribution in [0.15, 0.2) is 42.5 Å². The Hall–Kier alpha value is -3.02. The van der Waals surface area contributed by atoms with Gasteiger partial charge in [0.15, 0.2) is 13.2 Å². The fraction of sp³-hybridized carbons (Fsp3) is 0.300. The van der Waals surface area contributed by atoms with E-state index in [1.807, 2.05) is 56.3 Å². The molecule has 0 fully saturated rings. The molecule has 1 amide bonds. The van der Waals surface area contributed by atoms with Gasteiger partial charge in [0.1, 0.15) is 11.5 Å². The predicted molar refractivity (Wildman–Crippen MR) is 97.2 cm³/mol. The highest BCUT2D eigenvalue weighted by Crippen LogP contribution is 2.18. The molecule has 2 aromatic carbocycles. The van der Waals surface area contributed by atoms with Crippen LogP contribution >= 0.6 is 0 Å². The molecule has 6 heteroatoms. The third-order valence-corrected chi connectivity index (χ3v) is 3.70. The van der Waals surface area contributed by atoms with Gasteiger partial charge in [0.25, 0.3) is 5.91 Å². The Morgan fingerprint density at radius 1 is 1.00 bits per heavy atom. The van der Waals surface area contributed by atoms with Gasteiger partial charge in [-0.15, -0.1) is 0 Å². The Labute approximate surface area is 153 Å². The first-order valence-electron chi connectivity index (χ1n) is 8.23. The number of hydrogen-bond donors (Lipinski definition) is 1. The lowest BCUT2D eigenvalue weighted by Gasteiger charge is -2.10. The van der Waals surface area contributed by atoms with Crippen molar-refractivity contribution in [3.8, 4) is 11.5 Å². The maximum Gasteiger partial charge on any atom is 0.344 e. The van der Waals surface area contributed by atoms with Crippen molar-refractivity contribution in [2.75, 3.05) is 20.3 Å². The number of methoxy groups -OCH3 is 1. The van der Waals surface area contributed by atoms with Crippen molar-refractivity contribution < 1.29 is 23.8 Å². The Bertz CT molecular complexity index is 755. The Balaban J connectivity index is 1.69. The van der Waals surface area contributed by atoms with Gasteiger partial charge in [0.05, 0.1) is 7.11 Å². The molecule has 0 aromatic heterocycles. The second-order valence-corrected chi connectivity index (χ2v) is 5.84. The van der Waals surface area contributed by atoms with Crippen LogP contribution in [0.2, 0.25) is 0 Å². The number of ether oxygens (including phenoxy) is 3. The van der Waals surface area contributed by atoms with E-state index in [1.54, 1.807) is 7.11 Å². The molecule has 6 nitrogen and oxygen atoms in total. The monoisotopic (exact) mass is 357 g/mol. The first-order valence-corrected chi connectivity index (χ1v) is 8.23. The van der Waals surface area contributed by atoms with Crippen molar-refractivity contribution in [1.82, 2.24) is 5.32 Å². The summed E-state index contributed by atoms with van der Waals surface area (Å²) < 4.78 is 15.4. The van der Waals surface area contributed by atoms with Gasteiger partial charge in [0.2, 0.25) is 0 Å². The van der Waals surface area contributed by atoms with E-state index in [4.69, 9.17) is 14.2 Å². The SMILES string of the molecule is COc1ccc(CNC(=O)COC(=O)COc2cc(C)ccc2C)cc1. The van der Waals surface area contributed by atoms with Crippen LogP contribution in [0.5, 0.6) is 11.5 Å². The zero-order valence-electron chi connectivity index (χ0n) is 15.2. The van der Waals surface area contributed by atoms with Gasteiger partial charge in [-0.1, -0.05) is 24.3 Å². The lowest BCUT2D eigenvalue weighted by Crippen LogP contribution is -2.29. The first kappa shape index (κ1) is 19.3. The summed E-state index contributed by atoms with van der Waals surface area (Å²) in [6.45, 7) is 3.60. The number of rotatable bonds is 8. The van der Waals surface area contributed by atoms with Crippen LogP contribution in [0.25, 0.3) is 0 Å². The highest BCUT2D eigenvalue weighted by atomic mass is 16.6. The summed E-state index contributed by atoms with van der Waals surface area (Å²) in [5, 5.41) is 2.68. The Morgan fingerprint density at radius 3 is 2.42 bits per heavy atom. The maximum atomic E-state index is 11.8. The predicted octanol–water partition coefficient (Wildman–Crippen LogP) is 2.55. The highest BCUT2D eigenvalue weighted by Gasteiger charge is 2.09. The van der Waals surface area contributed by atoms with Crippen molar-refractivity contribution in [2.24, 2.45) is 0 Å². The number of esters is 1. The molecule has 26 heavy (non-hydrogen) atoms. The van der Waals surface area contributed by atoms with Gasteiger partial charge >= 0.3 is 5.97 Å². The zero-order chi connectivity index (χ0) is 18.9. The van der Waals surface area contributed by atoms with Crippen LogP contribution in [0.4, 0.5) is 0 Å². The molecule has 2 aromatic rings. The van der Waals surface area contributed by atoms with Crippen molar-refractivity contribution in [3.05, 3.63) is 59.2 Å². The van der Waals surface area contributed by atoms with E-state index >= 15 is 0 Å². The molecule has 0 radical (unpaired) electrons. The average Bonchev–Trinajstić information content (AvgIpc) is 2.65. The fourth-order valence-corrected chi connectivity index (χ4v) is 2.18. The summed E-state index contributed by atoms with van der Waals surface area (Å²) in [7, 11) is 1.59. The van der Waals surface area contributed by atoms with E-state index in [2.05, 4.69) is 5.32 Å². The van der Waals surface area contributed by atoms with E-state index in [0.29, 0.717) is 12.3 Å². The number of carbonyl (C=O) groups is 2. The average molecular weight is 357 g/mol. The van der Waals surface area contributed by atoms with Crippen molar-refractivity contribution in [1.29, 1.82) is 0 Å². The van der Waals surface area contributed by atoms with Crippen molar-refractivity contribution in [2.45, 2.75) is 20.4 Å². The summed E-state index contributed by atoms with van der Waals surface area (Å²) >= 11 is 0. The second-order valence-electron chi connectivity index (χ2n) is 5.84. The topological polar surface area (TPSA) is 73.9 Å². The van der Waals surface area contributed by atoms with Crippen LogP contribution in [0.1, 0.15) is 16.7 Å². The molecular formula is C20H23NO5. The first-order chi connectivity index (χ1) is 12.5. The molecule has 2 rings (SSSR count). The minimum atomic E-state index is -0.592. The fourth-order valence-electron chi connectivity index (χ4n) is 2.18. The molecular weight excluding hydrogens is 334 g/mol. The lowest BCUT2D eigenvalue weighted by molar-refractivity contribution is -0.150. The number of carbonyl (C=O) groups excluding carboxylic acids is 2. The van der Waals surface area contributed by atoms with Crippen LogP contribution in [-0.2, 0) is 20.9 Å². The van der Waals surface area contributed by atoms with Gasteiger partial charge in [-0.05, 0) is 48.7 Å². The number of nitrogens with one attached hydrogen (secondary N) is 1. The molecule has 1 N–H and O–H groups in total. The molecule has 0 aliphatic rings. The quantitative estimate of drug-likeness (QED) is 0.735. The molecule has 0 aliphatic carbocycles. The van der Waals surface area contributed by atoms with Crippen LogP contribution in [0, 0.1) is 13.8 Å².